The molecule has 3 rings (SSSR count). The molecule has 1 aliphatic heterocycles. The van der Waals surface area contributed by atoms with Crippen molar-refractivity contribution < 1.29 is 9.53 Å². The normalized spacial score (nSPS) is 17.1. The van der Waals surface area contributed by atoms with Gasteiger partial charge in [-0.15, -0.1) is 0 Å². The Hall–Kier alpha value is -2.30. The Morgan fingerprint density at radius 1 is 1.50 bits per heavy atom. The van der Waals surface area contributed by atoms with E-state index in [4.69, 9.17) is 4.74 Å². The predicted octanol–water partition coefficient (Wildman–Crippen LogP) is 1.83. The summed E-state index contributed by atoms with van der Waals surface area (Å²) in [5.74, 6) is 1.10. The number of H-pyrrole nitrogens is 1. The highest BCUT2D eigenvalue weighted by Gasteiger charge is 2.30. The van der Waals surface area contributed by atoms with Crippen molar-refractivity contribution in [3.05, 3.63) is 41.6 Å². The molecule has 1 aromatic carbocycles. The van der Waals surface area contributed by atoms with Gasteiger partial charge in [-0.25, -0.2) is 0 Å². The number of carbonyl (C=O) groups excluding carboxylic acids is 1. The number of hydrogen-bond acceptors (Lipinski definition) is 3. The highest BCUT2D eigenvalue weighted by atomic mass is 16.5. The average molecular weight is 243 g/mol. The van der Waals surface area contributed by atoms with Gasteiger partial charge < -0.3 is 10.1 Å². The van der Waals surface area contributed by atoms with E-state index >= 15 is 0 Å². The number of nitrogens with zero attached hydrogens (tertiary/aromatic N) is 1. The zero-order valence-corrected chi connectivity index (χ0v) is 9.93. The number of para-hydroxylation sites is 1. The monoisotopic (exact) mass is 243 g/mol. The molecule has 1 aromatic heterocycles. The number of ether oxygens (including phenoxy) is 1. The number of nitrogens with one attached hydrogen (secondary N) is 2. The summed E-state index contributed by atoms with van der Waals surface area (Å²) in [6, 6.07) is 7.61. The molecule has 0 saturated carbocycles. The summed E-state index contributed by atoms with van der Waals surface area (Å²) in [6.07, 6.45) is 1.68. The number of aromatic nitrogens is 2. The Kier molecular flexibility index (Phi) is 2.51. The van der Waals surface area contributed by atoms with Crippen LogP contribution in [-0.4, -0.2) is 22.7 Å². The smallest absolute Gasteiger partial charge is 0.236 e. The van der Waals surface area contributed by atoms with Crippen molar-refractivity contribution in [2.24, 2.45) is 0 Å². The molecule has 1 amide bonds. The summed E-state index contributed by atoms with van der Waals surface area (Å²) in [7, 11) is 0. The second kappa shape index (κ2) is 4.18. The Morgan fingerprint density at radius 2 is 2.33 bits per heavy atom. The van der Waals surface area contributed by atoms with Crippen LogP contribution in [0.2, 0.25) is 0 Å². The lowest BCUT2D eigenvalue weighted by atomic mass is 10.0. The van der Waals surface area contributed by atoms with Crippen LogP contribution >= 0.6 is 0 Å². The molecule has 1 unspecified atom stereocenters. The van der Waals surface area contributed by atoms with Crippen LogP contribution in [0.5, 0.6) is 5.75 Å². The van der Waals surface area contributed by atoms with Crippen molar-refractivity contribution in [1.29, 1.82) is 0 Å². The second-order valence-corrected chi connectivity index (χ2v) is 4.32. The fourth-order valence-electron chi connectivity index (χ4n) is 2.06. The van der Waals surface area contributed by atoms with Crippen molar-refractivity contribution in [3.63, 3.8) is 0 Å². The zero-order chi connectivity index (χ0) is 12.5. The maximum atomic E-state index is 12.2. The van der Waals surface area contributed by atoms with E-state index in [-0.39, 0.29) is 11.8 Å². The molecule has 1 atom stereocenters. The lowest BCUT2D eigenvalue weighted by Gasteiger charge is -2.09. The van der Waals surface area contributed by atoms with Crippen LogP contribution in [0.3, 0.4) is 0 Å². The van der Waals surface area contributed by atoms with Crippen LogP contribution < -0.4 is 10.1 Å². The third-order valence-electron chi connectivity index (χ3n) is 3.09. The van der Waals surface area contributed by atoms with E-state index in [9.17, 15) is 4.79 Å². The van der Waals surface area contributed by atoms with E-state index in [0.717, 1.165) is 16.9 Å². The average Bonchev–Trinajstić information content (AvgIpc) is 2.96. The van der Waals surface area contributed by atoms with E-state index in [1.807, 2.05) is 31.2 Å². The maximum Gasteiger partial charge on any atom is 0.236 e. The first-order valence-corrected chi connectivity index (χ1v) is 5.78. The van der Waals surface area contributed by atoms with Gasteiger partial charge in [-0.1, -0.05) is 18.2 Å². The second-order valence-electron chi connectivity index (χ2n) is 4.32. The number of carbonyl (C=O) groups is 1. The third kappa shape index (κ3) is 1.73. The van der Waals surface area contributed by atoms with Gasteiger partial charge in [0.25, 0.3) is 0 Å². The highest BCUT2D eigenvalue weighted by molar-refractivity contribution is 5.96. The van der Waals surface area contributed by atoms with E-state index in [1.54, 1.807) is 6.20 Å². The van der Waals surface area contributed by atoms with Gasteiger partial charge in [0.1, 0.15) is 24.1 Å². The summed E-state index contributed by atoms with van der Waals surface area (Å²) in [5.41, 5.74) is 1.85. The largest absolute Gasteiger partial charge is 0.492 e. The highest BCUT2D eigenvalue weighted by Crippen LogP contribution is 2.34. The number of aromatic amines is 1. The van der Waals surface area contributed by atoms with Crippen LogP contribution in [0.1, 0.15) is 17.0 Å². The van der Waals surface area contributed by atoms with Gasteiger partial charge in [-0.05, 0) is 13.0 Å². The molecule has 0 saturated heterocycles. The first-order valence-electron chi connectivity index (χ1n) is 5.78. The van der Waals surface area contributed by atoms with Gasteiger partial charge in [0, 0.05) is 11.1 Å². The summed E-state index contributed by atoms with van der Waals surface area (Å²) >= 11 is 0. The number of benzene rings is 1. The number of aryl methyl sites for hydroxylation is 1. The quantitative estimate of drug-likeness (QED) is 0.845. The van der Waals surface area contributed by atoms with Gasteiger partial charge >= 0.3 is 0 Å². The van der Waals surface area contributed by atoms with E-state index < -0.39 is 0 Å². The van der Waals surface area contributed by atoms with Crippen LogP contribution in [0.25, 0.3) is 0 Å². The molecular weight excluding hydrogens is 230 g/mol. The van der Waals surface area contributed by atoms with Crippen LogP contribution in [0.15, 0.2) is 30.5 Å². The van der Waals surface area contributed by atoms with E-state index in [2.05, 4.69) is 15.5 Å². The number of anilines is 1. The molecular formula is C13H13N3O2. The fraction of sp³-hybridized carbons (Fsp3) is 0.231. The molecule has 0 spiro atoms. The van der Waals surface area contributed by atoms with Crippen molar-refractivity contribution >= 4 is 11.7 Å². The summed E-state index contributed by atoms with van der Waals surface area (Å²) in [5, 5.41) is 9.47. The maximum absolute atomic E-state index is 12.2. The Bertz CT molecular complexity index is 591. The number of fused-ring (bicyclic) bond motifs is 1. The minimum Gasteiger partial charge on any atom is -0.492 e. The predicted molar refractivity (Wildman–Crippen MR) is 66.6 cm³/mol. The van der Waals surface area contributed by atoms with Crippen LogP contribution in [0, 0.1) is 6.92 Å². The molecule has 18 heavy (non-hydrogen) atoms. The molecule has 2 aromatic rings. The summed E-state index contributed by atoms with van der Waals surface area (Å²) < 4.78 is 5.49. The summed E-state index contributed by atoms with van der Waals surface area (Å²) in [6.45, 7) is 2.27. The van der Waals surface area contributed by atoms with Crippen LogP contribution in [-0.2, 0) is 4.79 Å². The van der Waals surface area contributed by atoms with E-state index in [1.165, 1.54) is 0 Å². The minimum absolute atomic E-state index is 0.0766. The van der Waals surface area contributed by atoms with Crippen molar-refractivity contribution in [1.82, 2.24) is 10.2 Å². The molecule has 0 radical (unpaired) electrons. The number of rotatable bonds is 2. The van der Waals surface area contributed by atoms with Crippen LogP contribution in [0.4, 0.5) is 5.82 Å². The number of amides is 1. The van der Waals surface area contributed by atoms with Gasteiger partial charge in [-0.2, -0.15) is 5.10 Å². The molecule has 0 fully saturated rings. The van der Waals surface area contributed by atoms with Gasteiger partial charge in [0.15, 0.2) is 0 Å². The molecule has 2 heterocycles. The van der Waals surface area contributed by atoms with Crippen molar-refractivity contribution in [2.75, 3.05) is 11.9 Å². The van der Waals surface area contributed by atoms with Gasteiger partial charge in [0.05, 0.1) is 6.20 Å². The number of hydrogen-bond donors (Lipinski definition) is 2. The summed E-state index contributed by atoms with van der Waals surface area (Å²) in [4.78, 5) is 12.2. The fourth-order valence-corrected chi connectivity index (χ4v) is 2.06. The van der Waals surface area contributed by atoms with E-state index in [0.29, 0.717) is 12.4 Å². The Labute approximate surface area is 104 Å². The van der Waals surface area contributed by atoms with Crippen molar-refractivity contribution in [3.8, 4) is 5.75 Å². The zero-order valence-electron chi connectivity index (χ0n) is 9.93. The Balaban J connectivity index is 1.81. The first kappa shape index (κ1) is 10.8. The van der Waals surface area contributed by atoms with Gasteiger partial charge in [-0.3, -0.25) is 9.89 Å². The molecule has 1 aliphatic rings. The topological polar surface area (TPSA) is 67.0 Å². The molecule has 92 valence electrons. The minimum atomic E-state index is -0.260. The lowest BCUT2D eigenvalue weighted by molar-refractivity contribution is -0.117. The van der Waals surface area contributed by atoms with Crippen molar-refractivity contribution in [2.45, 2.75) is 12.8 Å². The molecule has 5 nitrogen and oxygen atoms in total. The first-order chi connectivity index (χ1) is 8.75. The van der Waals surface area contributed by atoms with Gasteiger partial charge in [0.2, 0.25) is 5.91 Å². The molecule has 2 N–H and O–H groups in total. The SMILES string of the molecule is Cc1cn[nH]c1NC(=O)C1COc2ccccc21. The third-order valence-corrected chi connectivity index (χ3v) is 3.09. The molecule has 5 heteroatoms. The molecule has 0 aliphatic carbocycles. The Morgan fingerprint density at radius 3 is 3.11 bits per heavy atom. The molecule has 0 bridgehead atoms. The standard InChI is InChI=1S/C13H13N3O2/c1-8-6-14-16-12(8)15-13(17)10-7-18-11-5-3-2-4-9(10)11/h2-6,10H,7H2,1H3,(H2,14,15,16,17). The lowest BCUT2D eigenvalue weighted by Crippen LogP contribution is -2.22.